The Balaban J connectivity index is 1.39. The number of hydrogen-bond acceptors (Lipinski definition) is 5. The molecule has 0 atom stereocenters. The van der Waals surface area contributed by atoms with Crippen LogP contribution in [0, 0.1) is 6.92 Å². The largest absolute Gasteiger partial charge is 0.311 e. The molecular formula is C28H27N3O2S2. The number of nitrogens with zero attached hydrogens (tertiary/aromatic N) is 3. The van der Waals surface area contributed by atoms with Crippen molar-refractivity contribution < 1.29 is 4.79 Å². The number of hydrogen-bond donors (Lipinski definition) is 0. The molecule has 0 saturated carbocycles. The van der Waals surface area contributed by atoms with E-state index >= 15 is 0 Å². The lowest BCUT2D eigenvalue weighted by Gasteiger charge is -2.29. The molecule has 178 valence electrons. The van der Waals surface area contributed by atoms with E-state index in [0.717, 1.165) is 65.8 Å². The van der Waals surface area contributed by atoms with Crippen LogP contribution in [0.3, 0.4) is 0 Å². The summed E-state index contributed by atoms with van der Waals surface area (Å²) in [5.74, 6) is 0.292. The highest BCUT2D eigenvalue weighted by atomic mass is 32.2. The van der Waals surface area contributed by atoms with Crippen LogP contribution in [0.15, 0.2) is 58.5 Å². The lowest BCUT2D eigenvalue weighted by molar-refractivity contribution is -0.116. The second-order valence-electron chi connectivity index (χ2n) is 9.33. The highest BCUT2D eigenvalue weighted by molar-refractivity contribution is 7.99. The summed E-state index contributed by atoms with van der Waals surface area (Å²) in [5.41, 5.74) is 5.33. The Morgan fingerprint density at radius 1 is 1.03 bits per heavy atom. The van der Waals surface area contributed by atoms with E-state index in [2.05, 4.69) is 6.07 Å². The monoisotopic (exact) mass is 501 g/mol. The van der Waals surface area contributed by atoms with Gasteiger partial charge in [0.05, 0.1) is 16.8 Å². The minimum Gasteiger partial charge on any atom is -0.311 e. The first-order valence-corrected chi connectivity index (χ1v) is 14.1. The number of carbonyl (C=O) groups excluding carboxylic acids is 1. The molecule has 2 aromatic heterocycles. The normalized spacial score (nSPS) is 15.2. The molecule has 0 fully saturated rings. The first-order valence-electron chi connectivity index (χ1n) is 12.3. The summed E-state index contributed by atoms with van der Waals surface area (Å²) in [6.45, 7) is 2.76. The molecule has 0 N–H and O–H groups in total. The Hall–Kier alpha value is -2.90. The van der Waals surface area contributed by atoms with Crippen LogP contribution in [0.25, 0.3) is 15.9 Å². The van der Waals surface area contributed by atoms with Crippen LogP contribution in [0.5, 0.6) is 0 Å². The van der Waals surface area contributed by atoms with Gasteiger partial charge in [-0.15, -0.1) is 11.3 Å². The molecule has 6 rings (SSSR count). The maximum atomic E-state index is 13.9. The molecule has 1 amide bonds. The summed E-state index contributed by atoms with van der Waals surface area (Å²) in [7, 11) is 0. The lowest BCUT2D eigenvalue weighted by Crippen LogP contribution is -2.36. The maximum Gasteiger partial charge on any atom is 0.267 e. The van der Waals surface area contributed by atoms with Crippen molar-refractivity contribution >= 4 is 44.9 Å². The topological polar surface area (TPSA) is 55.2 Å². The number of thiophene rings is 1. The summed E-state index contributed by atoms with van der Waals surface area (Å²) in [4.78, 5) is 36.2. The number of benzene rings is 2. The van der Waals surface area contributed by atoms with Gasteiger partial charge < -0.3 is 4.90 Å². The van der Waals surface area contributed by atoms with E-state index in [9.17, 15) is 9.59 Å². The van der Waals surface area contributed by atoms with E-state index in [4.69, 9.17) is 4.98 Å². The van der Waals surface area contributed by atoms with Crippen LogP contribution in [0.1, 0.15) is 40.8 Å². The number of aromatic nitrogens is 2. The Morgan fingerprint density at radius 3 is 2.69 bits per heavy atom. The van der Waals surface area contributed by atoms with Crippen LogP contribution < -0.4 is 10.5 Å². The average molecular weight is 502 g/mol. The maximum absolute atomic E-state index is 13.9. The Kier molecular flexibility index (Phi) is 5.98. The van der Waals surface area contributed by atoms with E-state index in [1.807, 2.05) is 54.3 Å². The van der Waals surface area contributed by atoms with Gasteiger partial charge in [0.1, 0.15) is 4.83 Å². The van der Waals surface area contributed by atoms with Crippen molar-refractivity contribution in [2.45, 2.75) is 50.6 Å². The molecule has 2 aliphatic rings. The predicted octanol–water partition coefficient (Wildman–Crippen LogP) is 5.71. The SMILES string of the molecule is Cc1ccc(-n2c(SCC(=O)N3CCCc4ccccc43)nc3sc4c(c3c2=O)CCCC4)cc1. The van der Waals surface area contributed by atoms with Gasteiger partial charge in [-0.25, -0.2) is 4.98 Å². The summed E-state index contributed by atoms with van der Waals surface area (Å²) in [6, 6.07) is 16.1. The molecule has 0 unspecified atom stereocenters. The molecule has 0 bridgehead atoms. The van der Waals surface area contributed by atoms with Crippen LogP contribution in [0.4, 0.5) is 5.69 Å². The van der Waals surface area contributed by atoms with E-state index in [-0.39, 0.29) is 17.2 Å². The third-order valence-corrected chi connectivity index (χ3v) is 9.10. The molecule has 4 aromatic rings. The van der Waals surface area contributed by atoms with Crippen molar-refractivity contribution in [3.05, 3.63) is 80.5 Å². The number of rotatable bonds is 4. The van der Waals surface area contributed by atoms with Crippen molar-refractivity contribution in [2.75, 3.05) is 17.2 Å². The summed E-state index contributed by atoms with van der Waals surface area (Å²) in [6.07, 6.45) is 6.22. The third kappa shape index (κ3) is 4.10. The Bertz CT molecular complexity index is 1490. The van der Waals surface area contributed by atoms with Gasteiger partial charge in [-0.2, -0.15) is 0 Å². The minimum absolute atomic E-state index is 0.0171. The lowest BCUT2D eigenvalue weighted by atomic mass is 9.97. The molecule has 0 spiro atoms. The average Bonchev–Trinajstić information content (AvgIpc) is 3.26. The number of aryl methyl sites for hydroxylation is 4. The molecule has 7 heteroatoms. The molecule has 1 aliphatic heterocycles. The van der Waals surface area contributed by atoms with Crippen LogP contribution in [0.2, 0.25) is 0 Å². The van der Waals surface area contributed by atoms with Crippen molar-refractivity contribution in [3.63, 3.8) is 0 Å². The standard InChI is InChI=1S/C28H27N3O2S2/c1-18-12-14-20(15-13-18)31-27(33)25-21-9-3-5-11-23(21)35-26(25)29-28(31)34-17-24(32)30-16-6-8-19-7-2-4-10-22(19)30/h2,4,7,10,12-15H,3,5-6,8-9,11,16-17H2,1H3. The van der Waals surface area contributed by atoms with E-state index in [0.29, 0.717) is 5.16 Å². The molecule has 35 heavy (non-hydrogen) atoms. The highest BCUT2D eigenvalue weighted by Crippen LogP contribution is 2.35. The number of anilines is 1. The molecule has 0 saturated heterocycles. The molecule has 1 aliphatic carbocycles. The second-order valence-corrected chi connectivity index (χ2v) is 11.4. The number of para-hydroxylation sites is 1. The molecule has 0 radical (unpaired) electrons. The fourth-order valence-corrected chi connectivity index (χ4v) is 7.39. The Labute approximate surface area is 212 Å². The highest BCUT2D eigenvalue weighted by Gasteiger charge is 2.25. The van der Waals surface area contributed by atoms with E-state index < -0.39 is 0 Å². The fourth-order valence-electron chi connectivity index (χ4n) is 5.20. The van der Waals surface area contributed by atoms with Crippen molar-refractivity contribution in [1.82, 2.24) is 9.55 Å². The van der Waals surface area contributed by atoms with Gasteiger partial charge in [0.2, 0.25) is 5.91 Å². The Morgan fingerprint density at radius 2 is 1.83 bits per heavy atom. The van der Waals surface area contributed by atoms with Crippen LogP contribution in [-0.2, 0) is 24.1 Å². The van der Waals surface area contributed by atoms with Crippen molar-refractivity contribution in [2.24, 2.45) is 0 Å². The van der Waals surface area contributed by atoms with Gasteiger partial charge in [-0.05, 0) is 74.8 Å². The smallest absolute Gasteiger partial charge is 0.267 e. The molecular weight excluding hydrogens is 474 g/mol. The molecule has 2 aromatic carbocycles. The second kappa shape index (κ2) is 9.28. The fraction of sp³-hybridized carbons (Fsp3) is 0.321. The zero-order valence-corrected chi connectivity index (χ0v) is 21.4. The van der Waals surface area contributed by atoms with Gasteiger partial charge in [0.25, 0.3) is 5.56 Å². The van der Waals surface area contributed by atoms with Crippen molar-refractivity contribution in [3.8, 4) is 5.69 Å². The zero-order valence-electron chi connectivity index (χ0n) is 19.8. The predicted molar refractivity (Wildman–Crippen MR) is 144 cm³/mol. The minimum atomic E-state index is -0.0171. The van der Waals surface area contributed by atoms with Crippen LogP contribution in [-0.4, -0.2) is 27.8 Å². The van der Waals surface area contributed by atoms with Gasteiger partial charge in [0.15, 0.2) is 5.16 Å². The summed E-state index contributed by atoms with van der Waals surface area (Å²) in [5, 5.41) is 1.36. The number of amides is 1. The van der Waals surface area contributed by atoms with Gasteiger partial charge >= 0.3 is 0 Å². The number of carbonyl (C=O) groups is 1. The van der Waals surface area contributed by atoms with E-state index in [1.165, 1.54) is 34.2 Å². The van der Waals surface area contributed by atoms with E-state index in [1.54, 1.807) is 15.9 Å². The summed E-state index contributed by atoms with van der Waals surface area (Å²) >= 11 is 3.02. The zero-order chi connectivity index (χ0) is 23.9. The molecule has 5 nitrogen and oxygen atoms in total. The quantitative estimate of drug-likeness (QED) is 0.266. The molecule has 3 heterocycles. The third-order valence-electron chi connectivity index (χ3n) is 6.99. The van der Waals surface area contributed by atoms with Crippen molar-refractivity contribution in [1.29, 1.82) is 0 Å². The number of fused-ring (bicyclic) bond motifs is 4. The van der Waals surface area contributed by atoms with Crippen LogP contribution >= 0.6 is 23.1 Å². The van der Waals surface area contributed by atoms with Gasteiger partial charge in [-0.1, -0.05) is 47.7 Å². The first kappa shape index (κ1) is 22.6. The van der Waals surface area contributed by atoms with Gasteiger partial charge in [0, 0.05) is 17.1 Å². The first-order chi connectivity index (χ1) is 17.1. The number of thioether (sulfide) groups is 1. The van der Waals surface area contributed by atoms with Gasteiger partial charge in [-0.3, -0.25) is 14.2 Å². The summed E-state index contributed by atoms with van der Waals surface area (Å²) < 4.78 is 1.71.